The van der Waals surface area contributed by atoms with Crippen LogP contribution in [0, 0.1) is 0 Å². The first-order valence-electron chi connectivity index (χ1n) is 4.20. The van der Waals surface area contributed by atoms with E-state index in [1.165, 1.54) is 0 Å². The average molecular weight is 200 g/mol. The molecule has 0 spiro atoms. The van der Waals surface area contributed by atoms with Crippen molar-refractivity contribution in [2.24, 2.45) is 0 Å². The molecule has 1 N–H and O–H groups in total. The van der Waals surface area contributed by atoms with Gasteiger partial charge >= 0.3 is 0 Å². The van der Waals surface area contributed by atoms with Crippen molar-refractivity contribution in [3.63, 3.8) is 0 Å². The number of ether oxygens (including phenoxy) is 1. The Bertz CT molecular complexity index is 248. The SMILES string of the molecule is CNCC(Cl)c1ccc(OC)cc1. The van der Waals surface area contributed by atoms with Crippen LogP contribution in [-0.2, 0) is 0 Å². The highest BCUT2D eigenvalue weighted by molar-refractivity contribution is 6.21. The van der Waals surface area contributed by atoms with Gasteiger partial charge in [0.15, 0.2) is 0 Å². The number of hydrogen-bond donors (Lipinski definition) is 1. The van der Waals surface area contributed by atoms with Crippen molar-refractivity contribution < 1.29 is 4.74 Å². The fourth-order valence-corrected chi connectivity index (χ4v) is 1.41. The molecule has 72 valence electrons. The van der Waals surface area contributed by atoms with Crippen molar-refractivity contribution in [2.45, 2.75) is 5.38 Å². The standard InChI is InChI=1S/C10H14ClNO/c1-12-7-10(11)8-3-5-9(13-2)6-4-8/h3-6,10,12H,7H2,1-2H3. The molecule has 2 nitrogen and oxygen atoms in total. The van der Waals surface area contributed by atoms with Crippen molar-refractivity contribution in [1.82, 2.24) is 5.32 Å². The van der Waals surface area contributed by atoms with Gasteiger partial charge in [-0.3, -0.25) is 0 Å². The molecule has 0 bridgehead atoms. The summed E-state index contributed by atoms with van der Waals surface area (Å²) in [4.78, 5) is 0. The van der Waals surface area contributed by atoms with Crippen molar-refractivity contribution in [1.29, 1.82) is 0 Å². The molecule has 0 fully saturated rings. The van der Waals surface area contributed by atoms with Gasteiger partial charge in [-0.25, -0.2) is 0 Å². The minimum absolute atomic E-state index is 0.0240. The van der Waals surface area contributed by atoms with E-state index in [1.807, 2.05) is 31.3 Å². The molecule has 0 aliphatic heterocycles. The lowest BCUT2D eigenvalue weighted by molar-refractivity contribution is 0.414. The second-order valence-corrected chi connectivity index (χ2v) is 3.33. The Morgan fingerprint density at radius 3 is 2.46 bits per heavy atom. The maximum atomic E-state index is 6.10. The van der Waals surface area contributed by atoms with Gasteiger partial charge in [0.05, 0.1) is 12.5 Å². The van der Waals surface area contributed by atoms with Crippen LogP contribution in [0.3, 0.4) is 0 Å². The fraction of sp³-hybridized carbons (Fsp3) is 0.400. The smallest absolute Gasteiger partial charge is 0.118 e. The van der Waals surface area contributed by atoms with E-state index in [1.54, 1.807) is 7.11 Å². The predicted molar refractivity (Wildman–Crippen MR) is 55.5 cm³/mol. The summed E-state index contributed by atoms with van der Waals surface area (Å²) in [5.74, 6) is 0.858. The number of likely N-dealkylation sites (N-methyl/N-ethyl adjacent to an activating group) is 1. The summed E-state index contributed by atoms with van der Waals surface area (Å²) in [6.45, 7) is 0.772. The Morgan fingerprint density at radius 1 is 1.38 bits per heavy atom. The van der Waals surface area contributed by atoms with E-state index in [0.29, 0.717) is 0 Å². The molecular formula is C10H14ClNO. The van der Waals surface area contributed by atoms with Gasteiger partial charge in [0.2, 0.25) is 0 Å². The van der Waals surface area contributed by atoms with Gasteiger partial charge in [-0.15, -0.1) is 11.6 Å². The molecule has 1 unspecified atom stereocenters. The number of rotatable bonds is 4. The molecule has 0 radical (unpaired) electrons. The first-order chi connectivity index (χ1) is 6.27. The number of nitrogens with one attached hydrogen (secondary N) is 1. The minimum Gasteiger partial charge on any atom is -0.497 e. The quantitative estimate of drug-likeness (QED) is 0.751. The highest BCUT2D eigenvalue weighted by Gasteiger charge is 2.05. The van der Waals surface area contributed by atoms with Crippen molar-refractivity contribution in [3.8, 4) is 5.75 Å². The normalized spacial score (nSPS) is 12.5. The maximum absolute atomic E-state index is 6.10. The van der Waals surface area contributed by atoms with E-state index in [9.17, 15) is 0 Å². The Morgan fingerprint density at radius 2 is 2.00 bits per heavy atom. The van der Waals surface area contributed by atoms with Gasteiger partial charge in [-0.1, -0.05) is 12.1 Å². The molecule has 1 aromatic carbocycles. The zero-order valence-corrected chi connectivity index (χ0v) is 8.64. The van der Waals surface area contributed by atoms with E-state index < -0.39 is 0 Å². The van der Waals surface area contributed by atoms with Gasteiger partial charge in [0.25, 0.3) is 0 Å². The van der Waals surface area contributed by atoms with Crippen LogP contribution in [0.1, 0.15) is 10.9 Å². The predicted octanol–water partition coefficient (Wildman–Crippen LogP) is 2.19. The molecule has 3 heteroatoms. The Balaban J connectivity index is 2.67. The lowest BCUT2D eigenvalue weighted by Gasteiger charge is -2.09. The first kappa shape index (κ1) is 10.4. The highest BCUT2D eigenvalue weighted by Crippen LogP contribution is 2.21. The van der Waals surface area contributed by atoms with Crippen LogP contribution in [0.4, 0.5) is 0 Å². The van der Waals surface area contributed by atoms with Crippen molar-refractivity contribution >= 4 is 11.6 Å². The number of halogens is 1. The van der Waals surface area contributed by atoms with Crippen LogP contribution in [0.2, 0.25) is 0 Å². The molecular weight excluding hydrogens is 186 g/mol. The van der Waals surface area contributed by atoms with E-state index in [-0.39, 0.29) is 5.38 Å². The summed E-state index contributed by atoms with van der Waals surface area (Å²) in [5.41, 5.74) is 1.11. The van der Waals surface area contributed by atoms with E-state index >= 15 is 0 Å². The number of benzene rings is 1. The molecule has 0 amide bonds. The Hall–Kier alpha value is -0.730. The molecule has 0 aliphatic rings. The number of hydrogen-bond acceptors (Lipinski definition) is 2. The third kappa shape index (κ3) is 2.90. The maximum Gasteiger partial charge on any atom is 0.118 e. The average Bonchev–Trinajstić information content (AvgIpc) is 2.18. The van der Waals surface area contributed by atoms with E-state index in [0.717, 1.165) is 17.9 Å². The molecule has 1 atom stereocenters. The Labute approximate surface area is 83.9 Å². The number of alkyl halides is 1. The third-order valence-electron chi connectivity index (χ3n) is 1.86. The number of methoxy groups -OCH3 is 1. The van der Waals surface area contributed by atoms with Crippen LogP contribution < -0.4 is 10.1 Å². The van der Waals surface area contributed by atoms with E-state index in [2.05, 4.69) is 5.32 Å². The largest absolute Gasteiger partial charge is 0.497 e. The summed E-state index contributed by atoms with van der Waals surface area (Å²) >= 11 is 6.10. The molecule has 1 aromatic rings. The molecule has 13 heavy (non-hydrogen) atoms. The van der Waals surface area contributed by atoms with Gasteiger partial charge in [0, 0.05) is 6.54 Å². The van der Waals surface area contributed by atoms with Gasteiger partial charge in [-0.05, 0) is 24.7 Å². The molecule has 1 rings (SSSR count). The van der Waals surface area contributed by atoms with Crippen molar-refractivity contribution in [3.05, 3.63) is 29.8 Å². The second kappa shape index (κ2) is 5.10. The summed E-state index contributed by atoms with van der Waals surface area (Å²) in [7, 11) is 3.54. The van der Waals surface area contributed by atoms with Gasteiger partial charge in [0.1, 0.15) is 5.75 Å². The minimum atomic E-state index is 0.0240. The second-order valence-electron chi connectivity index (χ2n) is 2.80. The topological polar surface area (TPSA) is 21.3 Å². The lowest BCUT2D eigenvalue weighted by Crippen LogP contribution is -2.12. The van der Waals surface area contributed by atoms with Gasteiger partial charge in [-0.2, -0.15) is 0 Å². The molecule has 0 aliphatic carbocycles. The van der Waals surface area contributed by atoms with Gasteiger partial charge < -0.3 is 10.1 Å². The third-order valence-corrected chi connectivity index (χ3v) is 2.27. The summed E-state index contributed by atoms with van der Waals surface area (Å²) < 4.78 is 5.05. The first-order valence-corrected chi connectivity index (χ1v) is 4.64. The van der Waals surface area contributed by atoms with Crippen LogP contribution >= 0.6 is 11.6 Å². The van der Waals surface area contributed by atoms with Crippen LogP contribution in [0.5, 0.6) is 5.75 Å². The zero-order chi connectivity index (χ0) is 9.68. The van der Waals surface area contributed by atoms with Crippen LogP contribution in [0.15, 0.2) is 24.3 Å². The molecule has 0 saturated carbocycles. The highest BCUT2D eigenvalue weighted by atomic mass is 35.5. The van der Waals surface area contributed by atoms with Crippen LogP contribution in [0.25, 0.3) is 0 Å². The summed E-state index contributed by atoms with van der Waals surface area (Å²) in [6.07, 6.45) is 0. The zero-order valence-electron chi connectivity index (χ0n) is 7.88. The van der Waals surface area contributed by atoms with Crippen LogP contribution in [-0.4, -0.2) is 20.7 Å². The molecule has 0 saturated heterocycles. The monoisotopic (exact) mass is 199 g/mol. The Kier molecular flexibility index (Phi) is 4.06. The summed E-state index contributed by atoms with van der Waals surface area (Å²) in [5, 5.41) is 3.06. The van der Waals surface area contributed by atoms with E-state index in [4.69, 9.17) is 16.3 Å². The fourth-order valence-electron chi connectivity index (χ4n) is 1.11. The molecule has 0 aromatic heterocycles. The lowest BCUT2D eigenvalue weighted by atomic mass is 10.1. The molecule has 0 heterocycles. The summed E-state index contributed by atoms with van der Waals surface area (Å²) in [6, 6.07) is 7.79. The van der Waals surface area contributed by atoms with Crippen molar-refractivity contribution in [2.75, 3.05) is 20.7 Å².